The molecular formula is C11H20NO3P. The molecule has 5 heteroatoms. The molecule has 0 aliphatic carbocycles. The van der Waals surface area contributed by atoms with Crippen molar-refractivity contribution in [3.8, 4) is 0 Å². The van der Waals surface area contributed by atoms with Gasteiger partial charge >= 0.3 is 7.52 Å². The average molecular weight is 245 g/mol. The minimum absolute atomic E-state index is 0.440. The largest absolute Gasteiger partial charge is 0.379 e. The molecule has 0 aromatic rings. The van der Waals surface area contributed by atoms with E-state index < -0.39 is 7.52 Å². The molecule has 1 saturated heterocycles. The zero-order valence-electron chi connectivity index (χ0n) is 10.2. The maximum absolute atomic E-state index is 12.6. The van der Waals surface area contributed by atoms with Crippen LogP contribution in [0.25, 0.3) is 0 Å². The highest BCUT2D eigenvalue weighted by Gasteiger charge is 2.30. The zero-order chi connectivity index (χ0) is 12.0. The van der Waals surface area contributed by atoms with E-state index in [9.17, 15) is 4.57 Å². The van der Waals surface area contributed by atoms with Crippen LogP contribution in [0.5, 0.6) is 0 Å². The molecule has 0 amide bonds. The van der Waals surface area contributed by atoms with Crippen LogP contribution in [0.2, 0.25) is 0 Å². The third kappa shape index (κ3) is 3.89. The van der Waals surface area contributed by atoms with Crippen molar-refractivity contribution in [3.63, 3.8) is 0 Å². The van der Waals surface area contributed by atoms with E-state index in [0.29, 0.717) is 32.9 Å². The molecule has 0 bridgehead atoms. The van der Waals surface area contributed by atoms with E-state index in [1.54, 1.807) is 5.82 Å². The first-order valence-electron chi connectivity index (χ1n) is 5.57. The lowest BCUT2D eigenvalue weighted by atomic mass is 10.4. The van der Waals surface area contributed by atoms with Gasteiger partial charge in [-0.05, 0) is 26.3 Å². The Labute approximate surface area is 97.4 Å². The van der Waals surface area contributed by atoms with Crippen molar-refractivity contribution in [3.05, 3.63) is 17.1 Å². The Morgan fingerprint density at radius 2 is 2.12 bits per heavy atom. The summed E-state index contributed by atoms with van der Waals surface area (Å²) in [4.78, 5) is 0. The molecule has 0 spiro atoms. The van der Waals surface area contributed by atoms with E-state index in [2.05, 4.69) is 5.73 Å². The number of hydrogen-bond acceptors (Lipinski definition) is 3. The number of rotatable bonds is 4. The molecule has 0 radical (unpaired) electrons. The Balaban J connectivity index is 2.86. The fourth-order valence-electron chi connectivity index (χ4n) is 1.43. The van der Waals surface area contributed by atoms with Gasteiger partial charge in [0, 0.05) is 13.1 Å². The van der Waals surface area contributed by atoms with Crippen molar-refractivity contribution in [2.75, 3.05) is 32.9 Å². The molecule has 1 heterocycles. The number of allylic oxidation sites excluding steroid dienone is 1. The predicted molar refractivity (Wildman–Crippen MR) is 64.6 cm³/mol. The third-order valence-corrected chi connectivity index (χ3v) is 4.48. The standard InChI is InChI=1S/C11H20NO3P/c1-4-15-16(13,10-5-11(2)3)12-6-8-14-9-7-12/h10H,4,6-9H2,1-3H3. The second kappa shape index (κ2) is 6.39. The lowest BCUT2D eigenvalue weighted by Gasteiger charge is -2.31. The van der Waals surface area contributed by atoms with Gasteiger partial charge in [-0.25, -0.2) is 4.67 Å². The van der Waals surface area contributed by atoms with Crippen molar-refractivity contribution >= 4 is 7.52 Å². The van der Waals surface area contributed by atoms with E-state index >= 15 is 0 Å². The highest BCUT2D eigenvalue weighted by atomic mass is 31.2. The first kappa shape index (κ1) is 13.7. The summed E-state index contributed by atoms with van der Waals surface area (Å²) >= 11 is 0. The predicted octanol–water partition coefficient (Wildman–Crippen LogP) is 2.63. The number of morpholine rings is 1. The highest BCUT2D eigenvalue weighted by molar-refractivity contribution is 7.59. The van der Waals surface area contributed by atoms with Gasteiger partial charge in [0.25, 0.3) is 0 Å². The minimum atomic E-state index is -2.85. The van der Waals surface area contributed by atoms with Crippen LogP contribution in [0.1, 0.15) is 20.8 Å². The topological polar surface area (TPSA) is 38.8 Å². The second-order valence-electron chi connectivity index (χ2n) is 3.82. The van der Waals surface area contributed by atoms with Gasteiger partial charge < -0.3 is 9.26 Å². The summed E-state index contributed by atoms with van der Waals surface area (Å²) in [5.74, 6) is 1.58. The molecule has 1 unspecified atom stereocenters. The quantitative estimate of drug-likeness (QED) is 0.563. The van der Waals surface area contributed by atoms with Gasteiger partial charge in [-0.15, -0.1) is 5.73 Å². The fraction of sp³-hybridized carbons (Fsp3) is 0.727. The molecule has 0 aromatic carbocycles. The Morgan fingerprint density at radius 3 is 2.62 bits per heavy atom. The fourth-order valence-corrected chi connectivity index (χ4v) is 3.34. The molecule has 1 atom stereocenters. The van der Waals surface area contributed by atoms with Gasteiger partial charge in [-0.2, -0.15) is 0 Å². The Morgan fingerprint density at radius 1 is 1.50 bits per heavy atom. The van der Waals surface area contributed by atoms with Gasteiger partial charge in [0.15, 0.2) is 0 Å². The Hall–Kier alpha value is -0.370. The van der Waals surface area contributed by atoms with E-state index in [4.69, 9.17) is 9.26 Å². The highest BCUT2D eigenvalue weighted by Crippen LogP contribution is 2.52. The van der Waals surface area contributed by atoms with Crippen LogP contribution in [0.4, 0.5) is 0 Å². The van der Waals surface area contributed by atoms with Gasteiger partial charge in [0.2, 0.25) is 0 Å². The maximum atomic E-state index is 12.6. The van der Waals surface area contributed by atoms with Crippen LogP contribution < -0.4 is 0 Å². The average Bonchev–Trinajstić information content (AvgIpc) is 2.28. The molecule has 0 aromatic heterocycles. The van der Waals surface area contributed by atoms with Gasteiger partial charge in [0.05, 0.1) is 25.6 Å². The van der Waals surface area contributed by atoms with Gasteiger partial charge in [0.1, 0.15) is 0 Å². The van der Waals surface area contributed by atoms with Crippen LogP contribution in [0.15, 0.2) is 17.1 Å². The molecule has 4 nitrogen and oxygen atoms in total. The molecule has 1 fully saturated rings. The van der Waals surface area contributed by atoms with E-state index in [1.165, 1.54) is 0 Å². The van der Waals surface area contributed by atoms with E-state index in [0.717, 1.165) is 5.57 Å². The van der Waals surface area contributed by atoms with Crippen molar-refractivity contribution in [1.29, 1.82) is 0 Å². The lowest BCUT2D eigenvalue weighted by molar-refractivity contribution is 0.0660. The molecule has 1 aliphatic heterocycles. The monoisotopic (exact) mass is 245 g/mol. The third-order valence-electron chi connectivity index (χ3n) is 2.21. The number of nitrogens with zero attached hydrogens (tertiary/aromatic N) is 1. The normalized spacial score (nSPS) is 20.9. The van der Waals surface area contributed by atoms with Crippen molar-refractivity contribution in [2.45, 2.75) is 20.8 Å². The molecule has 1 aliphatic rings. The number of hydrogen-bond donors (Lipinski definition) is 0. The van der Waals surface area contributed by atoms with Gasteiger partial charge in [-0.1, -0.05) is 0 Å². The molecule has 0 saturated carbocycles. The molecule has 1 rings (SSSR count). The summed E-state index contributed by atoms with van der Waals surface area (Å²) in [5.41, 5.74) is 3.98. The number of ether oxygens (including phenoxy) is 1. The maximum Gasteiger partial charge on any atom is 0.302 e. The molecule has 0 N–H and O–H groups in total. The van der Waals surface area contributed by atoms with Crippen LogP contribution in [0.3, 0.4) is 0 Å². The first-order valence-corrected chi connectivity index (χ1v) is 7.21. The zero-order valence-corrected chi connectivity index (χ0v) is 11.1. The SMILES string of the molecule is CCOP(=O)(C=C=C(C)C)N1CCOCC1. The summed E-state index contributed by atoms with van der Waals surface area (Å²) in [6.45, 7) is 8.66. The second-order valence-corrected chi connectivity index (χ2v) is 6.03. The Kier molecular flexibility index (Phi) is 5.47. The molecular weight excluding hydrogens is 225 g/mol. The summed E-state index contributed by atoms with van der Waals surface area (Å²) in [6, 6.07) is 0. The van der Waals surface area contributed by atoms with Crippen molar-refractivity contribution in [1.82, 2.24) is 4.67 Å². The summed E-state index contributed by atoms with van der Waals surface area (Å²) in [7, 11) is -2.85. The van der Waals surface area contributed by atoms with E-state index in [-0.39, 0.29) is 0 Å². The van der Waals surface area contributed by atoms with Crippen molar-refractivity contribution in [2.24, 2.45) is 0 Å². The Bertz CT molecular complexity index is 324. The minimum Gasteiger partial charge on any atom is -0.379 e. The summed E-state index contributed by atoms with van der Waals surface area (Å²) in [6.07, 6.45) is 0. The van der Waals surface area contributed by atoms with E-state index in [1.807, 2.05) is 25.4 Å². The van der Waals surface area contributed by atoms with Crippen LogP contribution in [-0.2, 0) is 13.8 Å². The van der Waals surface area contributed by atoms with Crippen LogP contribution >= 0.6 is 7.52 Å². The first-order chi connectivity index (χ1) is 7.58. The van der Waals surface area contributed by atoms with Gasteiger partial charge in [-0.3, -0.25) is 4.57 Å². The lowest BCUT2D eigenvalue weighted by Crippen LogP contribution is -2.33. The smallest absolute Gasteiger partial charge is 0.302 e. The van der Waals surface area contributed by atoms with Crippen molar-refractivity contribution < 1.29 is 13.8 Å². The molecule has 16 heavy (non-hydrogen) atoms. The van der Waals surface area contributed by atoms with Crippen LogP contribution in [-0.4, -0.2) is 37.6 Å². The molecule has 92 valence electrons. The summed E-state index contributed by atoms with van der Waals surface area (Å²) < 4.78 is 25.1. The van der Waals surface area contributed by atoms with Crippen LogP contribution in [0, 0.1) is 0 Å². The summed E-state index contributed by atoms with van der Waals surface area (Å²) in [5, 5.41) is 0.